The van der Waals surface area contributed by atoms with Crippen molar-refractivity contribution in [3.05, 3.63) is 44.2 Å². The third-order valence-electron chi connectivity index (χ3n) is 7.48. The molecule has 3 heterocycles. The molecule has 2 aliphatic heterocycles. The Labute approximate surface area is 215 Å². The maximum Gasteiger partial charge on any atom is 0.273 e. The number of aryl methyl sites for hydroxylation is 1. The van der Waals surface area contributed by atoms with E-state index < -0.39 is 0 Å². The van der Waals surface area contributed by atoms with Crippen LogP contribution in [0.5, 0.6) is 0 Å². The van der Waals surface area contributed by atoms with Crippen LogP contribution < -0.4 is 5.73 Å². The summed E-state index contributed by atoms with van der Waals surface area (Å²) in [4.78, 5) is 47.5. The lowest BCUT2D eigenvalue weighted by Crippen LogP contribution is -2.52. The van der Waals surface area contributed by atoms with E-state index in [2.05, 4.69) is 11.9 Å². The number of piperazine rings is 1. The molecule has 10 heteroatoms. The first kappa shape index (κ1) is 25.7. The number of rotatable bonds is 4. The Balaban J connectivity index is 1.65. The van der Waals surface area contributed by atoms with E-state index in [4.69, 9.17) is 28.9 Å². The summed E-state index contributed by atoms with van der Waals surface area (Å²) < 4.78 is 0. The minimum atomic E-state index is -0.273. The SMILES string of the molecule is CC(=O)N1CCN(C(=O)CN2Cc3c(nc(C)c(CN)c3C3=C(Cl)C=C(Cl)C(C)C3C)C2=O)CC1. The van der Waals surface area contributed by atoms with E-state index in [1.165, 1.54) is 11.8 Å². The molecule has 0 radical (unpaired) electrons. The molecule has 1 aromatic rings. The molecular weight excluding hydrogens is 489 g/mol. The lowest BCUT2D eigenvalue weighted by molar-refractivity contribution is -0.138. The summed E-state index contributed by atoms with van der Waals surface area (Å²) in [7, 11) is 0. The van der Waals surface area contributed by atoms with Crippen LogP contribution in [0.1, 0.15) is 53.6 Å². The summed E-state index contributed by atoms with van der Waals surface area (Å²) in [6, 6.07) is 0. The van der Waals surface area contributed by atoms with Crippen molar-refractivity contribution in [1.82, 2.24) is 19.7 Å². The van der Waals surface area contributed by atoms with Crippen molar-refractivity contribution in [3.63, 3.8) is 0 Å². The van der Waals surface area contributed by atoms with Gasteiger partial charge in [-0.2, -0.15) is 0 Å². The molecule has 0 saturated carbocycles. The average Bonchev–Trinajstić information content (AvgIpc) is 3.12. The third-order valence-corrected chi connectivity index (χ3v) is 8.25. The summed E-state index contributed by atoms with van der Waals surface area (Å²) in [6.07, 6.45) is 1.77. The molecule has 3 amide bonds. The van der Waals surface area contributed by atoms with E-state index in [-0.39, 0.29) is 49.2 Å². The van der Waals surface area contributed by atoms with Gasteiger partial charge in [0.1, 0.15) is 12.2 Å². The summed E-state index contributed by atoms with van der Waals surface area (Å²) in [5.41, 5.74) is 10.6. The molecule has 8 nitrogen and oxygen atoms in total. The van der Waals surface area contributed by atoms with Gasteiger partial charge in [-0.05, 0) is 41.5 Å². The molecule has 2 N–H and O–H groups in total. The third kappa shape index (κ3) is 4.59. The van der Waals surface area contributed by atoms with Gasteiger partial charge in [-0.3, -0.25) is 14.4 Å². The number of fused-ring (bicyclic) bond motifs is 1. The van der Waals surface area contributed by atoms with E-state index in [1.54, 1.807) is 15.9 Å². The lowest BCUT2D eigenvalue weighted by atomic mass is 9.78. The molecule has 0 spiro atoms. The van der Waals surface area contributed by atoms with Gasteiger partial charge in [0.25, 0.3) is 5.91 Å². The van der Waals surface area contributed by atoms with Crippen molar-refractivity contribution < 1.29 is 14.4 Å². The zero-order valence-electron chi connectivity index (χ0n) is 20.5. The van der Waals surface area contributed by atoms with E-state index in [9.17, 15) is 14.4 Å². The second kappa shape index (κ2) is 9.91. The number of halogens is 2. The molecule has 2 unspecified atom stereocenters. The van der Waals surface area contributed by atoms with Gasteiger partial charge in [0, 0.05) is 67.5 Å². The van der Waals surface area contributed by atoms with Crippen LogP contribution in [0, 0.1) is 18.8 Å². The molecule has 188 valence electrons. The molecule has 1 saturated heterocycles. The average molecular weight is 520 g/mol. The molecule has 1 fully saturated rings. The highest BCUT2D eigenvalue weighted by Crippen LogP contribution is 2.46. The van der Waals surface area contributed by atoms with Crippen molar-refractivity contribution >= 4 is 46.5 Å². The quantitative estimate of drug-likeness (QED) is 0.659. The smallest absolute Gasteiger partial charge is 0.273 e. The van der Waals surface area contributed by atoms with Crippen LogP contribution >= 0.6 is 23.2 Å². The Morgan fingerprint density at radius 3 is 2.34 bits per heavy atom. The minimum absolute atomic E-state index is 0.00214. The van der Waals surface area contributed by atoms with E-state index in [0.717, 1.165) is 22.3 Å². The second-order valence-corrected chi connectivity index (χ2v) is 10.3. The maximum absolute atomic E-state index is 13.3. The fraction of sp³-hybridized carbons (Fsp3) is 0.520. The molecule has 4 rings (SSSR count). The molecule has 1 aliphatic carbocycles. The monoisotopic (exact) mass is 519 g/mol. The summed E-state index contributed by atoms with van der Waals surface area (Å²) in [5, 5.41) is 1.23. The minimum Gasteiger partial charge on any atom is -0.339 e. The van der Waals surface area contributed by atoms with Crippen LogP contribution in [0.4, 0.5) is 0 Å². The highest BCUT2D eigenvalue weighted by atomic mass is 35.5. The van der Waals surface area contributed by atoms with E-state index >= 15 is 0 Å². The number of amides is 3. The summed E-state index contributed by atoms with van der Waals surface area (Å²) in [6.45, 7) is 9.86. The van der Waals surface area contributed by atoms with Crippen molar-refractivity contribution in [2.75, 3.05) is 32.7 Å². The first-order valence-electron chi connectivity index (χ1n) is 11.9. The number of pyridine rings is 1. The Morgan fingerprint density at radius 1 is 1.11 bits per heavy atom. The van der Waals surface area contributed by atoms with Crippen LogP contribution in [0.2, 0.25) is 0 Å². The number of aromatic nitrogens is 1. The van der Waals surface area contributed by atoms with Crippen molar-refractivity contribution in [2.24, 2.45) is 17.6 Å². The number of hydrogen-bond acceptors (Lipinski definition) is 5. The van der Waals surface area contributed by atoms with Crippen LogP contribution in [-0.2, 0) is 22.7 Å². The Bertz CT molecular complexity index is 1150. The molecule has 0 bridgehead atoms. The first-order valence-corrected chi connectivity index (χ1v) is 12.6. The van der Waals surface area contributed by atoms with E-state index in [0.29, 0.717) is 47.6 Å². The Morgan fingerprint density at radius 2 is 1.74 bits per heavy atom. The molecule has 35 heavy (non-hydrogen) atoms. The topological polar surface area (TPSA) is 99.8 Å². The van der Waals surface area contributed by atoms with Crippen molar-refractivity contribution in [3.8, 4) is 0 Å². The zero-order chi connectivity index (χ0) is 25.6. The highest BCUT2D eigenvalue weighted by molar-refractivity contribution is 6.37. The van der Waals surface area contributed by atoms with E-state index in [1.807, 2.05) is 13.8 Å². The lowest BCUT2D eigenvalue weighted by Gasteiger charge is -2.35. The van der Waals surface area contributed by atoms with Gasteiger partial charge in [0.15, 0.2) is 0 Å². The molecule has 1 aromatic heterocycles. The number of allylic oxidation sites excluding steroid dienone is 4. The molecule has 0 aromatic carbocycles. The van der Waals surface area contributed by atoms with Crippen LogP contribution in [-0.4, -0.2) is 70.1 Å². The number of nitrogens with zero attached hydrogens (tertiary/aromatic N) is 4. The van der Waals surface area contributed by atoms with Crippen LogP contribution in [0.15, 0.2) is 16.1 Å². The zero-order valence-corrected chi connectivity index (χ0v) is 22.0. The number of nitrogens with two attached hydrogens (primary N) is 1. The standard InChI is InChI=1S/C25H31Cl2N5O3/c1-13-14(2)22(20(27)9-19(13)26)23-17(10-28)15(3)29-24-18(23)11-32(25(24)35)12-21(34)31-7-5-30(6-8-31)16(4)33/h9,13-14H,5-8,10-12,28H2,1-4H3. The molecular formula is C25H31Cl2N5O3. The summed E-state index contributed by atoms with van der Waals surface area (Å²) >= 11 is 13.1. The van der Waals surface area contributed by atoms with Gasteiger partial charge in [-0.1, -0.05) is 37.0 Å². The number of hydrogen-bond donors (Lipinski definition) is 1. The molecule has 2 atom stereocenters. The van der Waals surface area contributed by atoms with Crippen LogP contribution in [0.3, 0.4) is 0 Å². The first-order chi connectivity index (χ1) is 16.5. The van der Waals surface area contributed by atoms with Gasteiger partial charge in [-0.15, -0.1) is 0 Å². The van der Waals surface area contributed by atoms with Gasteiger partial charge in [0.05, 0.1) is 0 Å². The normalized spacial score (nSPS) is 22.5. The Kier molecular flexibility index (Phi) is 7.27. The number of carbonyl (C=O) groups excluding carboxylic acids is 3. The summed E-state index contributed by atoms with van der Waals surface area (Å²) in [5.74, 6) is -0.335. The Hall–Kier alpha value is -2.42. The predicted molar refractivity (Wildman–Crippen MR) is 135 cm³/mol. The predicted octanol–water partition coefficient (Wildman–Crippen LogP) is 2.85. The van der Waals surface area contributed by atoms with Gasteiger partial charge >= 0.3 is 0 Å². The van der Waals surface area contributed by atoms with Crippen molar-refractivity contribution in [2.45, 2.75) is 40.8 Å². The van der Waals surface area contributed by atoms with Crippen molar-refractivity contribution in [1.29, 1.82) is 0 Å². The fourth-order valence-electron chi connectivity index (χ4n) is 5.15. The molecule has 3 aliphatic rings. The second-order valence-electron chi connectivity index (χ2n) is 9.50. The maximum atomic E-state index is 13.3. The van der Waals surface area contributed by atoms with Gasteiger partial charge in [0.2, 0.25) is 11.8 Å². The fourth-order valence-corrected chi connectivity index (χ4v) is 5.89. The van der Waals surface area contributed by atoms with Gasteiger partial charge < -0.3 is 20.4 Å². The van der Waals surface area contributed by atoms with Crippen LogP contribution in [0.25, 0.3) is 5.57 Å². The largest absolute Gasteiger partial charge is 0.339 e. The highest BCUT2D eigenvalue weighted by Gasteiger charge is 2.38. The number of carbonyl (C=O) groups is 3. The van der Waals surface area contributed by atoms with Gasteiger partial charge in [-0.25, -0.2) is 4.98 Å².